The number of aromatic nitrogens is 1. The van der Waals surface area contributed by atoms with Gasteiger partial charge in [0.25, 0.3) is 0 Å². The lowest BCUT2D eigenvalue weighted by Crippen LogP contribution is -2.32. The Morgan fingerprint density at radius 2 is 2.24 bits per heavy atom. The van der Waals surface area contributed by atoms with Gasteiger partial charge in [-0.3, -0.25) is 9.69 Å². The van der Waals surface area contributed by atoms with Gasteiger partial charge in [0.2, 0.25) is 5.91 Å². The summed E-state index contributed by atoms with van der Waals surface area (Å²) in [5.74, 6) is 0.883. The van der Waals surface area contributed by atoms with Crippen LogP contribution < -0.4 is 10.6 Å². The van der Waals surface area contributed by atoms with E-state index in [-0.39, 0.29) is 5.91 Å². The second-order valence-corrected chi connectivity index (χ2v) is 3.89. The summed E-state index contributed by atoms with van der Waals surface area (Å²) in [7, 11) is 3.54. The molecular formula is C12H20N4O. The van der Waals surface area contributed by atoms with Crippen LogP contribution in [-0.4, -0.2) is 43.0 Å². The molecule has 0 aliphatic carbocycles. The Bertz CT molecular complexity index is 367. The summed E-state index contributed by atoms with van der Waals surface area (Å²) in [5.41, 5.74) is 0.954. The number of carbonyl (C=O) groups is 1. The van der Waals surface area contributed by atoms with Crippen molar-refractivity contribution in [1.29, 1.82) is 0 Å². The van der Waals surface area contributed by atoms with Crippen molar-refractivity contribution < 1.29 is 4.79 Å². The molecule has 0 aromatic carbocycles. The van der Waals surface area contributed by atoms with Gasteiger partial charge in [-0.05, 0) is 26.1 Å². The maximum Gasteiger partial charge on any atom is 0.233 e. The van der Waals surface area contributed by atoms with E-state index in [0.717, 1.165) is 18.1 Å². The van der Waals surface area contributed by atoms with E-state index in [4.69, 9.17) is 0 Å². The molecule has 0 saturated carbocycles. The Morgan fingerprint density at radius 1 is 1.47 bits per heavy atom. The molecule has 0 aliphatic rings. The van der Waals surface area contributed by atoms with E-state index in [1.807, 2.05) is 37.1 Å². The van der Waals surface area contributed by atoms with Gasteiger partial charge in [0.1, 0.15) is 5.82 Å². The SMILES string of the molecule is CCNc1cccc(CN(C)CC(=O)NC)n1. The molecule has 1 aromatic rings. The Labute approximate surface area is 102 Å². The van der Waals surface area contributed by atoms with Crippen LogP contribution in [-0.2, 0) is 11.3 Å². The summed E-state index contributed by atoms with van der Waals surface area (Å²) in [6.45, 7) is 3.92. The number of hydrogen-bond donors (Lipinski definition) is 2. The predicted molar refractivity (Wildman–Crippen MR) is 68.8 cm³/mol. The summed E-state index contributed by atoms with van der Waals surface area (Å²) in [6.07, 6.45) is 0. The van der Waals surface area contributed by atoms with Gasteiger partial charge in [-0.25, -0.2) is 4.98 Å². The second-order valence-electron chi connectivity index (χ2n) is 3.89. The Morgan fingerprint density at radius 3 is 2.88 bits per heavy atom. The highest BCUT2D eigenvalue weighted by atomic mass is 16.1. The first-order valence-corrected chi connectivity index (χ1v) is 5.74. The van der Waals surface area contributed by atoms with Crippen LogP contribution in [0.2, 0.25) is 0 Å². The number of rotatable bonds is 6. The quantitative estimate of drug-likeness (QED) is 0.763. The molecule has 0 unspecified atom stereocenters. The number of carbonyl (C=O) groups excluding carboxylic acids is 1. The lowest BCUT2D eigenvalue weighted by Gasteiger charge is -2.15. The van der Waals surface area contributed by atoms with Crippen LogP contribution >= 0.6 is 0 Å². The average Bonchev–Trinajstić information content (AvgIpc) is 2.29. The molecule has 0 aliphatic heterocycles. The molecule has 5 heteroatoms. The normalized spacial score (nSPS) is 10.4. The minimum atomic E-state index is 0.00957. The second kappa shape index (κ2) is 6.85. The van der Waals surface area contributed by atoms with Crippen LogP contribution in [0.15, 0.2) is 18.2 Å². The van der Waals surface area contributed by atoms with Crippen molar-refractivity contribution >= 4 is 11.7 Å². The highest BCUT2D eigenvalue weighted by molar-refractivity contribution is 5.77. The maximum absolute atomic E-state index is 11.2. The molecular weight excluding hydrogens is 216 g/mol. The molecule has 0 spiro atoms. The predicted octanol–water partition coefficient (Wildman–Crippen LogP) is 0.691. The third-order valence-corrected chi connectivity index (χ3v) is 2.29. The van der Waals surface area contributed by atoms with Gasteiger partial charge in [0.15, 0.2) is 0 Å². The zero-order chi connectivity index (χ0) is 12.7. The fourth-order valence-electron chi connectivity index (χ4n) is 1.50. The summed E-state index contributed by atoms with van der Waals surface area (Å²) < 4.78 is 0. The first-order valence-electron chi connectivity index (χ1n) is 5.74. The van der Waals surface area contributed by atoms with E-state index < -0.39 is 0 Å². The molecule has 17 heavy (non-hydrogen) atoms. The molecule has 0 radical (unpaired) electrons. The fraction of sp³-hybridized carbons (Fsp3) is 0.500. The van der Waals surface area contributed by atoms with Crippen LogP contribution in [0.3, 0.4) is 0 Å². The number of nitrogens with zero attached hydrogens (tertiary/aromatic N) is 2. The van der Waals surface area contributed by atoms with Crippen LogP contribution in [0.1, 0.15) is 12.6 Å². The van der Waals surface area contributed by atoms with Crippen LogP contribution in [0.4, 0.5) is 5.82 Å². The minimum absolute atomic E-state index is 0.00957. The highest BCUT2D eigenvalue weighted by Crippen LogP contribution is 2.06. The summed E-state index contributed by atoms with van der Waals surface area (Å²) in [6, 6.07) is 5.86. The van der Waals surface area contributed by atoms with E-state index >= 15 is 0 Å². The van der Waals surface area contributed by atoms with Gasteiger partial charge in [-0.1, -0.05) is 6.07 Å². The minimum Gasteiger partial charge on any atom is -0.370 e. The zero-order valence-electron chi connectivity index (χ0n) is 10.7. The number of anilines is 1. The largest absolute Gasteiger partial charge is 0.370 e. The maximum atomic E-state index is 11.2. The van der Waals surface area contributed by atoms with Crippen molar-refractivity contribution in [2.75, 3.05) is 32.5 Å². The van der Waals surface area contributed by atoms with Crippen molar-refractivity contribution in [2.24, 2.45) is 0 Å². The number of likely N-dealkylation sites (N-methyl/N-ethyl adjacent to an activating group) is 2. The van der Waals surface area contributed by atoms with Crippen LogP contribution in [0.25, 0.3) is 0 Å². The van der Waals surface area contributed by atoms with Gasteiger partial charge < -0.3 is 10.6 Å². The molecule has 94 valence electrons. The number of pyridine rings is 1. The number of amides is 1. The van der Waals surface area contributed by atoms with Crippen LogP contribution in [0.5, 0.6) is 0 Å². The molecule has 1 heterocycles. The van der Waals surface area contributed by atoms with Crippen molar-refractivity contribution in [3.63, 3.8) is 0 Å². The summed E-state index contributed by atoms with van der Waals surface area (Å²) in [4.78, 5) is 17.6. The van der Waals surface area contributed by atoms with Crippen molar-refractivity contribution in [3.8, 4) is 0 Å². The fourth-order valence-corrected chi connectivity index (χ4v) is 1.50. The van der Waals surface area contributed by atoms with E-state index in [0.29, 0.717) is 13.1 Å². The Hall–Kier alpha value is -1.62. The first-order chi connectivity index (χ1) is 8.15. The van der Waals surface area contributed by atoms with Crippen molar-refractivity contribution in [1.82, 2.24) is 15.2 Å². The summed E-state index contributed by atoms with van der Waals surface area (Å²) in [5, 5.41) is 5.76. The molecule has 5 nitrogen and oxygen atoms in total. The summed E-state index contributed by atoms with van der Waals surface area (Å²) >= 11 is 0. The lowest BCUT2D eigenvalue weighted by molar-refractivity contribution is -0.121. The molecule has 0 atom stereocenters. The van der Waals surface area contributed by atoms with Gasteiger partial charge in [-0.15, -0.1) is 0 Å². The van der Waals surface area contributed by atoms with E-state index in [1.54, 1.807) is 7.05 Å². The van der Waals surface area contributed by atoms with E-state index in [2.05, 4.69) is 15.6 Å². The number of hydrogen-bond acceptors (Lipinski definition) is 4. The monoisotopic (exact) mass is 236 g/mol. The van der Waals surface area contributed by atoms with Crippen molar-refractivity contribution in [3.05, 3.63) is 23.9 Å². The topological polar surface area (TPSA) is 57.3 Å². The number of nitrogens with one attached hydrogen (secondary N) is 2. The smallest absolute Gasteiger partial charge is 0.233 e. The average molecular weight is 236 g/mol. The van der Waals surface area contributed by atoms with E-state index in [9.17, 15) is 4.79 Å². The Balaban J connectivity index is 2.55. The molecule has 0 fully saturated rings. The third kappa shape index (κ3) is 4.82. The van der Waals surface area contributed by atoms with Gasteiger partial charge in [-0.2, -0.15) is 0 Å². The van der Waals surface area contributed by atoms with E-state index in [1.165, 1.54) is 0 Å². The van der Waals surface area contributed by atoms with Gasteiger partial charge in [0.05, 0.1) is 12.2 Å². The first kappa shape index (κ1) is 13.4. The molecule has 1 aromatic heterocycles. The van der Waals surface area contributed by atoms with Crippen molar-refractivity contribution in [2.45, 2.75) is 13.5 Å². The lowest BCUT2D eigenvalue weighted by atomic mass is 10.3. The standard InChI is InChI=1S/C12H20N4O/c1-4-14-11-7-5-6-10(15-11)8-16(3)9-12(17)13-2/h5-7H,4,8-9H2,1-3H3,(H,13,17)(H,14,15). The molecule has 1 rings (SSSR count). The molecule has 0 saturated heterocycles. The Kier molecular flexibility index (Phi) is 5.42. The molecule has 0 bridgehead atoms. The third-order valence-electron chi connectivity index (χ3n) is 2.29. The highest BCUT2D eigenvalue weighted by Gasteiger charge is 2.06. The van der Waals surface area contributed by atoms with Crippen LogP contribution in [0, 0.1) is 0 Å². The van der Waals surface area contributed by atoms with Gasteiger partial charge in [0, 0.05) is 20.1 Å². The molecule has 1 amide bonds. The molecule has 2 N–H and O–H groups in total. The van der Waals surface area contributed by atoms with Gasteiger partial charge >= 0.3 is 0 Å². The zero-order valence-corrected chi connectivity index (χ0v) is 10.7.